The molecule has 1 fully saturated rings. The van der Waals surface area contributed by atoms with Crippen molar-refractivity contribution in [2.75, 3.05) is 13.1 Å². The minimum Gasteiger partial charge on any atom is -0.481 e. The van der Waals surface area contributed by atoms with Gasteiger partial charge in [0.25, 0.3) is 0 Å². The van der Waals surface area contributed by atoms with Crippen molar-refractivity contribution in [3.63, 3.8) is 0 Å². The predicted octanol–water partition coefficient (Wildman–Crippen LogP) is 1.36. The number of aliphatic carboxylic acids is 1. The fourth-order valence-corrected chi connectivity index (χ4v) is 1.88. The van der Waals surface area contributed by atoms with Crippen LogP contribution < -0.4 is 0 Å². The van der Waals surface area contributed by atoms with Gasteiger partial charge in [0.2, 0.25) is 5.91 Å². The smallest absolute Gasteiger partial charge is 0.303 e. The highest BCUT2D eigenvalue weighted by atomic mass is 16.4. The average molecular weight is 213 g/mol. The molecule has 1 heterocycles. The van der Waals surface area contributed by atoms with Crippen molar-refractivity contribution in [3.05, 3.63) is 0 Å². The molecule has 0 aliphatic carbocycles. The van der Waals surface area contributed by atoms with Gasteiger partial charge in [-0.05, 0) is 18.3 Å². The maximum Gasteiger partial charge on any atom is 0.303 e. The van der Waals surface area contributed by atoms with Crippen LogP contribution in [0.3, 0.4) is 0 Å². The normalized spacial score (nSPS) is 25.6. The van der Waals surface area contributed by atoms with Crippen molar-refractivity contribution < 1.29 is 14.7 Å². The van der Waals surface area contributed by atoms with Crippen LogP contribution in [-0.4, -0.2) is 35.0 Å². The first-order valence-corrected chi connectivity index (χ1v) is 5.50. The minimum absolute atomic E-state index is 0.0880. The molecule has 4 heteroatoms. The van der Waals surface area contributed by atoms with E-state index in [0.717, 1.165) is 13.1 Å². The van der Waals surface area contributed by atoms with Gasteiger partial charge in [0.15, 0.2) is 0 Å². The standard InChI is InChI=1S/C11H19NO3/c1-8-6-12(7-9(8)2)10(13)4-3-5-11(14)15/h8-9H,3-7H2,1-2H3,(H,14,15). The minimum atomic E-state index is -0.828. The summed E-state index contributed by atoms with van der Waals surface area (Å²) in [5.74, 6) is 0.403. The third kappa shape index (κ3) is 3.53. The molecule has 86 valence electrons. The average Bonchev–Trinajstić information content (AvgIpc) is 2.46. The molecule has 0 saturated carbocycles. The number of rotatable bonds is 4. The first-order valence-electron chi connectivity index (χ1n) is 5.50. The van der Waals surface area contributed by atoms with Crippen molar-refractivity contribution in [1.82, 2.24) is 4.90 Å². The van der Waals surface area contributed by atoms with Crippen LogP contribution in [0.4, 0.5) is 0 Å². The van der Waals surface area contributed by atoms with Gasteiger partial charge in [-0.15, -0.1) is 0 Å². The summed E-state index contributed by atoms with van der Waals surface area (Å²) in [7, 11) is 0. The number of nitrogens with zero attached hydrogens (tertiary/aromatic N) is 1. The van der Waals surface area contributed by atoms with Crippen LogP contribution in [0.15, 0.2) is 0 Å². The van der Waals surface area contributed by atoms with Gasteiger partial charge < -0.3 is 10.0 Å². The summed E-state index contributed by atoms with van der Waals surface area (Å²) in [5.41, 5.74) is 0. The Morgan fingerprint density at radius 3 is 2.20 bits per heavy atom. The van der Waals surface area contributed by atoms with Crippen molar-refractivity contribution in [3.8, 4) is 0 Å². The lowest BCUT2D eigenvalue weighted by Crippen LogP contribution is -2.28. The Bertz CT molecular complexity index is 242. The first-order chi connectivity index (χ1) is 7.00. The van der Waals surface area contributed by atoms with E-state index < -0.39 is 5.97 Å². The third-order valence-corrected chi connectivity index (χ3v) is 3.12. The highest BCUT2D eigenvalue weighted by molar-refractivity contribution is 5.77. The van der Waals surface area contributed by atoms with E-state index in [-0.39, 0.29) is 12.3 Å². The third-order valence-electron chi connectivity index (χ3n) is 3.12. The second-order valence-electron chi connectivity index (χ2n) is 4.50. The first kappa shape index (κ1) is 12.0. The molecule has 0 radical (unpaired) electrons. The SMILES string of the molecule is CC1CN(C(=O)CCCC(=O)O)CC1C. The van der Waals surface area contributed by atoms with E-state index >= 15 is 0 Å². The number of amides is 1. The number of hydrogen-bond acceptors (Lipinski definition) is 2. The summed E-state index contributed by atoms with van der Waals surface area (Å²) in [6.07, 6.45) is 0.907. The van der Waals surface area contributed by atoms with Crippen molar-refractivity contribution in [2.45, 2.75) is 33.1 Å². The highest BCUT2D eigenvalue weighted by Gasteiger charge is 2.28. The van der Waals surface area contributed by atoms with Crippen LogP contribution in [0.5, 0.6) is 0 Å². The molecule has 0 aromatic rings. The van der Waals surface area contributed by atoms with Gasteiger partial charge in [0.05, 0.1) is 0 Å². The van der Waals surface area contributed by atoms with Crippen molar-refractivity contribution >= 4 is 11.9 Å². The number of carboxylic acids is 1. The Kier molecular flexibility index (Phi) is 4.12. The zero-order valence-corrected chi connectivity index (χ0v) is 9.40. The molecular weight excluding hydrogens is 194 g/mol. The molecule has 1 aliphatic heterocycles. The van der Waals surface area contributed by atoms with E-state index in [9.17, 15) is 9.59 Å². The number of carbonyl (C=O) groups excluding carboxylic acids is 1. The monoisotopic (exact) mass is 213 g/mol. The molecule has 0 aromatic heterocycles. The molecule has 2 atom stereocenters. The topological polar surface area (TPSA) is 57.6 Å². The number of likely N-dealkylation sites (tertiary alicyclic amines) is 1. The number of carbonyl (C=O) groups is 2. The molecule has 1 rings (SSSR count). The highest BCUT2D eigenvalue weighted by Crippen LogP contribution is 2.22. The van der Waals surface area contributed by atoms with Gasteiger partial charge in [-0.3, -0.25) is 9.59 Å². The van der Waals surface area contributed by atoms with Crippen molar-refractivity contribution in [1.29, 1.82) is 0 Å². The molecule has 1 saturated heterocycles. The lowest BCUT2D eigenvalue weighted by Gasteiger charge is -2.15. The zero-order valence-electron chi connectivity index (χ0n) is 9.40. The second kappa shape index (κ2) is 5.14. The molecule has 0 bridgehead atoms. The Morgan fingerprint density at radius 2 is 1.73 bits per heavy atom. The lowest BCUT2D eigenvalue weighted by atomic mass is 10.0. The molecule has 0 aromatic carbocycles. The lowest BCUT2D eigenvalue weighted by molar-refractivity contribution is -0.137. The Hall–Kier alpha value is -1.06. The van der Waals surface area contributed by atoms with Gasteiger partial charge in [0.1, 0.15) is 0 Å². The van der Waals surface area contributed by atoms with E-state index in [0.29, 0.717) is 24.7 Å². The quantitative estimate of drug-likeness (QED) is 0.767. The summed E-state index contributed by atoms with van der Waals surface area (Å²) >= 11 is 0. The second-order valence-corrected chi connectivity index (χ2v) is 4.50. The zero-order chi connectivity index (χ0) is 11.4. The van der Waals surface area contributed by atoms with Gasteiger partial charge in [-0.25, -0.2) is 0 Å². The Labute approximate surface area is 90.3 Å². The van der Waals surface area contributed by atoms with Crippen LogP contribution in [0.1, 0.15) is 33.1 Å². The summed E-state index contributed by atoms with van der Waals surface area (Å²) in [4.78, 5) is 23.8. The van der Waals surface area contributed by atoms with E-state index in [4.69, 9.17) is 5.11 Å². The van der Waals surface area contributed by atoms with Crippen molar-refractivity contribution in [2.24, 2.45) is 11.8 Å². The molecule has 15 heavy (non-hydrogen) atoms. The molecule has 2 unspecified atom stereocenters. The van der Waals surface area contributed by atoms with Crippen LogP contribution in [0.2, 0.25) is 0 Å². The molecule has 4 nitrogen and oxygen atoms in total. The Morgan fingerprint density at radius 1 is 1.20 bits per heavy atom. The predicted molar refractivity (Wildman–Crippen MR) is 56.4 cm³/mol. The number of carboxylic acid groups (broad SMARTS) is 1. The van der Waals surface area contributed by atoms with E-state index in [1.807, 2.05) is 4.90 Å². The number of hydrogen-bond donors (Lipinski definition) is 1. The summed E-state index contributed by atoms with van der Waals surface area (Å²) < 4.78 is 0. The van der Waals surface area contributed by atoms with Crippen LogP contribution >= 0.6 is 0 Å². The fourth-order valence-electron chi connectivity index (χ4n) is 1.88. The molecule has 0 spiro atoms. The van der Waals surface area contributed by atoms with E-state index in [1.54, 1.807) is 0 Å². The maximum atomic E-state index is 11.7. The summed E-state index contributed by atoms with van der Waals surface area (Å²) in [6.45, 7) is 5.95. The summed E-state index contributed by atoms with van der Waals surface area (Å²) in [5, 5.41) is 8.45. The summed E-state index contributed by atoms with van der Waals surface area (Å²) in [6, 6.07) is 0. The maximum absolute atomic E-state index is 11.7. The van der Waals surface area contributed by atoms with Gasteiger partial charge in [-0.2, -0.15) is 0 Å². The van der Waals surface area contributed by atoms with Gasteiger partial charge in [0, 0.05) is 25.9 Å². The molecule has 1 amide bonds. The molecule has 1 aliphatic rings. The van der Waals surface area contributed by atoms with Gasteiger partial charge in [-0.1, -0.05) is 13.8 Å². The van der Waals surface area contributed by atoms with Crippen LogP contribution in [0.25, 0.3) is 0 Å². The van der Waals surface area contributed by atoms with Gasteiger partial charge >= 0.3 is 5.97 Å². The van der Waals surface area contributed by atoms with E-state index in [1.165, 1.54) is 0 Å². The Balaban J connectivity index is 2.26. The van der Waals surface area contributed by atoms with Crippen LogP contribution in [0, 0.1) is 11.8 Å². The van der Waals surface area contributed by atoms with Crippen LogP contribution in [-0.2, 0) is 9.59 Å². The molecule has 1 N–H and O–H groups in total. The largest absolute Gasteiger partial charge is 0.481 e. The van der Waals surface area contributed by atoms with E-state index in [2.05, 4.69) is 13.8 Å². The molecular formula is C11H19NO3. The fraction of sp³-hybridized carbons (Fsp3) is 0.818.